The van der Waals surface area contributed by atoms with Crippen LogP contribution in [-0.4, -0.2) is 57.6 Å². The summed E-state index contributed by atoms with van der Waals surface area (Å²) in [6.07, 6.45) is 10.8. The van der Waals surface area contributed by atoms with Crippen LogP contribution in [0.15, 0.2) is 12.3 Å². The van der Waals surface area contributed by atoms with E-state index < -0.39 is 11.1 Å². The molecule has 8 heteroatoms. The number of hydrogen-bond donors (Lipinski definition) is 3. The molecular weight excluding hydrogens is 432 g/mol. The van der Waals surface area contributed by atoms with Gasteiger partial charge in [0.25, 0.3) is 5.91 Å². The average molecular weight is 473 g/mol. The van der Waals surface area contributed by atoms with Crippen molar-refractivity contribution in [2.24, 2.45) is 23.7 Å². The van der Waals surface area contributed by atoms with E-state index in [4.69, 9.17) is 4.74 Å². The summed E-state index contributed by atoms with van der Waals surface area (Å²) in [5, 5.41) is 21.6. The molecule has 8 nitrogen and oxygen atoms in total. The Morgan fingerprint density at radius 2 is 1.97 bits per heavy atom. The first kappa shape index (κ1) is 24.9. The Morgan fingerprint density at radius 1 is 1.29 bits per heavy atom. The third kappa shape index (κ3) is 5.38. The molecule has 4 fully saturated rings. The molecule has 1 aromatic heterocycles. The van der Waals surface area contributed by atoms with E-state index in [1.54, 1.807) is 10.9 Å². The molecule has 2 amide bonds. The molecule has 3 N–H and O–H groups in total. The molecular formula is C26H40N4O4. The van der Waals surface area contributed by atoms with Crippen molar-refractivity contribution in [3.8, 4) is 0 Å². The Balaban J connectivity index is 1.50. The number of carbonyl (C=O) groups excluding carboxylic acids is 2. The molecule has 0 aromatic carbocycles. The van der Waals surface area contributed by atoms with E-state index in [1.165, 1.54) is 7.11 Å². The fourth-order valence-corrected chi connectivity index (χ4v) is 6.57. The van der Waals surface area contributed by atoms with Crippen molar-refractivity contribution in [3.05, 3.63) is 23.5 Å². The van der Waals surface area contributed by atoms with Crippen LogP contribution in [0.25, 0.3) is 6.20 Å². The van der Waals surface area contributed by atoms with Crippen molar-refractivity contribution < 1.29 is 19.4 Å². The zero-order valence-corrected chi connectivity index (χ0v) is 21.1. The Hall–Kier alpha value is -2.19. The second-order valence-electron chi connectivity index (χ2n) is 11.8. The highest BCUT2D eigenvalue weighted by Crippen LogP contribution is 2.55. The van der Waals surface area contributed by atoms with Gasteiger partial charge in [-0.3, -0.25) is 9.59 Å². The predicted molar refractivity (Wildman–Crippen MR) is 130 cm³/mol. The third-order valence-electron chi connectivity index (χ3n) is 7.65. The summed E-state index contributed by atoms with van der Waals surface area (Å²) < 4.78 is 6.64. The molecule has 0 saturated heterocycles. The van der Waals surface area contributed by atoms with Gasteiger partial charge in [0.2, 0.25) is 5.91 Å². The molecule has 4 bridgehead atoms. The van der Waals surface area contributed by atoms with Crippen molar-refractivity contribution in [3.63, 3.8) is 0 Å². The van der Waals surface area contributed by atoms with Gasteiger partial charge in [0, 0.05) is 19.4 Å². The topological polar surface area (TPSA) is 105 Å². The smallest absolute Gasteiger partial charge is 0.255 e. The van der Waals surface area contributed by atoms with Gasteiger partial charge >= 0.3 is 0 Å². The first-order valence-electron chi connectivity index (χ1n) is 12.6. The SMILES string of the molecule is COCC(=O)NC(C)(C)C=Cn1ncc(C(=O)NC2C3CC4CC2CC(O)(C4)C3)c1CC(C)C. The molecule has 4 aliphatic carbocycles. The Morgan fingerprint density at radius 3 is 2.56 bits per heavy atom. The number of rotatable bonds is 9. The number of ether oxygens (including phenoxy) is 1. The summed E-state index contributed by atoms with van der Waals surface area (Å²) in [5.41, 5.74) is 0.360. The van der Waals surface area contributed by atoms with Gasteiger partial charge in [-0.05, 0) is 82.1 Å². The molecule has 1 aromatic rings. The van der Waals surface area contributed by atoms with Crippen LogP contribution in [0, 0.1) is 23.7 Å². The molecule has 0 spiro atoms. The van der Waals surface area contributed by atoms with Gasteiger partial charge < -0.3 is 20.5 Å². The number of nitrogens with one attached hydrogen (secondary N) is 2. The van der Waals surface area contributed by atoms with E-state index in [-0.39, 0.29) is 24.5 Å². The number of amides is 2. The first-order chi connectivity index (χ1) is 16.0. The molecule has 2 atom stereocenters. The fraction of sp³-hybridized carbons (Fsp3) is 0.731. The van der Waals surface area contributed by atoms with E-state index in [0.717, 1.165) is 37.8 Å². The van der Waals surface area contributed by atoms with Crippen LogP contribution in [0.1, 0.15) is 75.9 Å². The van der Waals surface area contributed by atoms with E-state index >= 15 is 0 Å². The van der Waals surface area contributed by atoms with Crippen molar-refractivity contribution in [1.82, 2.24) is 20.4 Å². The molecule has 1 heterocycles. The van der Waals surface area contributed by atoms with E-state index in [0.29, 0.717) is 35.7 Å². The lowest BCUT2D eigenvalue weighted by Gasteiger charge is -2.58. The zero-order valence-electron chi connectivity index (χ0n) is 21.1. The highest BCUT2D eigenvalue weighted by atomic mass is 16.5. The molecule has 4 saturated carbocycles. The third-order valence-corrected chi connectivity index (χ3v) is 7.65. The van der Waals surface area contributed by atoms with Gasteiger partial charge in [-0.25, -0.2) is 4.68 Å². The van der Waals surface area contributed by atoms with Gasteiger partial charge in [0.1, 0.15) is 6.61 Å². The average Bonchev–Trinajstić information content (AvgIpc) is 3.09. The molecule has 5 rings (SSSR count). The Labute approximate surface area is 202 Å². The highest BCUT2D eigenvalue weighted by molar-refractivity contribution is 5.95. The number of hydrogen-bond acceptors (Lipinski definition) is 5. The van der Waals surface area contributed by atoms with Crippen LogP contribution in [0.4, 0.5) is 0 Å². The molecule has 0 aliphatic heterocycles. The summed E-state index contributed by atoms with van der Waals surface area (Å²) in [6.45, 7) is 8.04. The molecule has 34 heavy (non-hydrogen) atoms. The second kappa shape index (κ2) is 9.46. The van der Waals surface area contributed by atoms with Gasteiger partial charge in [0.05, 0.1) is 28.6 Å². The Bertz CT molecular complexity index is 935. The van der Waals surface area contributed by atoms with Crippen molar-refractivity contribution in [1.29, 1.82) is 0 Å². The molecule has 0 radical (unpaired) electrons. The van der Waals surface area contributed by atoms with Crippen molar-refractivity contribution >= 4 is 18.0 Å². The first-order valence-corrected chi connectivity index (χ1v) is 12.6. The van der Waals surface area contributed by atoms with Crippen LogP contribution in [0.2, 0.25) is 0 Å². The van der Waals surface area contributed by atoms with Gasteiger partial charge in [-0.1, -0.05) is 13.8 Å². The highest BCUT2D eigenvalue weighted by Gasteiger charge is 2.55. The maximum absolute atomic E-state index is 13.4. The summed E-state index contributed by atoms with van der Waals surface area (Å²) in [4.78, 5) is 25.4. The van der Waals surface area contributed by atoms with Crippen molar-refractivity contribution in [2.75, 3.05) is 13.7 Å². The van der Waals surface area contributed by atoms with E-state index in [1.807, 2.05) is 26.1 Å². The van der Waals surface area contributed by atoms with Crippen LogP contribution in [0.3, 0.4) is 0 Å². The van der Waals surface area contributed by atoms with Crippen LogP contribution < -0.4 is 10.6 Å². The van der Waals surface area contributed by atoms with Crippen molar-refractivity contribution in [2.45, 2.75) is 83.4 Å². The minimum atomic E-state index is -0.597. The number of aromatic nitrogens is 2. The van der Waals surface area contributed by atoms with E-state index in [2.05, 4.69) is 29.6 Å². The zero-order chi connectivity index (χ0) is 24.7. The number of methoxy groups -OCH3 is 1. The van der Waals surface area contributed by atoms with Gasteiger partial charge in [-0.15, -0.1) is 0 Å². The lowest BCUT2D eigenvalue weighted by molar-refractivity contribution is -0.137. The number of carbonyl (C=O) groups is 2. The Kier molecular flexibility index (Phi) is 6.93. The van der Waals surface area contributed by atoms with Gasteiger partial charge in [0.15, 0.2) is 0 Å². The minimum Gasteiger partial charge on any atom is -0.390 e. The normalized spacial score (nSPS) is 30.3. The van der Waals surface area contributed by atoms with E-state index in [9.17, 15) is 14.7 Å². The standard InChI is InChI=1S/C26H40N4O4/c1-16(2)8-21-20(14-27-30(21)7-6-25(3,4)29-22(31)15-34-5)24(32)28-23-18-9-17-10-19(23)13-26(33,11-17)12-18/h6-7,14,16-19,23,33H,8-13,15H2,1-5H3,(H,28,32)(H,29,31). The molecule has 188 valence electrons. The minimum absolute atomic E-state index is 0.00324. The summed E-state index contributed by atoms with van der Waals surface area (Å²) in [7, 11) is 1.49. The maximum atomic E-state index is 13.4. The number of nitrogens with zero attached hydrogens (tertiary/aromatic N) is 2. The van der Waals surface area contributed by atoms with Crippen LogP contribution in [0.5, 0.6) is 0 Å². The summed E-state index contributed by atoms with van der Waals surface area (Å²) in [6, 6.07) is 0.130. The van der Waals surface area contributed by atoms with Gasteiger partial charge in [-0.2, -0.15) is 5.10 Å². The maximum Gasteiger partial charge on any atom is 0.255 e. The lowest BCUT2D eigenvalue weighted by atomic mass is 9.52. The lowest BCUT2D eigenvalue weighted by Crippen LogP contribution is -2.61. The van der Waals surface area contributed by atoms with Crippen LogP contribution in [-0.2, 0) is 16.0 Å². The molecule has 2 unspecified atom stereocenters. The largest absolute Gasteiger partial charge is 0.390 e. The quantitative estimate of drug-likeness (QED) is 0.513. The summed E-state index contributed by atoms with van der Waals surface area (Å²) in [5.74, 6) is 1.40. The summed E-state index contributed by atoms with van der Waals surface area (Å²) >= 11 is 0. The monoisotopic (exact) mass is 472 g/mol. The fourth-order valence-electron chi connectivity index (χ4n) is 6.57. The molecule has 4 aliphatic rings. The predicted octanol–water partition coefficient (Wildman–Crippen LogP) is 2.76. The second-order valence-corrected chi connectivity index (χ2v) is 11.8. The number of aliphatic hydroxyl groups is 1. The van der Waals surface area contributed by atoms with Crippen LogP contribution >= 0.6 is 0 Å².